The molecule has 1 atom stereocenters. The normalized spacial score (nSPS) is 11.9. The third kappa shape index (κ3) is 3.45. The molecule has 0 aromatic heterocycles. The fraction of sp³-hybridized carbons (Fsp3) is 0.235. The van der Waals surface area contributed by atoms with E-state index in [4.69, 9.17) is 10.5 Å². The van der Waals surface area contributed by atoms with Gasteiger partial charge in [0.05, 0.1) is 0 Å². The summed E-state index contributed by atoms with van der Waals surface area (Å²) in [6, 6.07) is 14.6. The SMILES string of the molecule is Cc1ccc(C)c(COC(=O)C(N)c2ccccc2)c1. The fourth-order valence-corrected chi connectivity index (χ4v) is 1.99. The highest BCUT2D eigenvalue weighted by Gasteiger charge is 2.17. The Labute approximate surface area is 119 Å². The molecule has 0 radical (unpaired) electrons. The zero-order valence-corrected chi connectivity index (χ0v) is 11.8. The van der Waals surface area contributed by atoms with Gasteiger partial charge in [-0.25, -0.2) is 4.79 Å². The van der Waals surface area contributed by atoms with Crippen molar-refractivity contribution in [1.29, 1.82) is 0 Å². The predicted octanol–water partition coefficient (Wildman–Crippen LogP) is 3.05. The largest absolute Gasteiger partial charge is 0.459 e. The molecule has 2 aromatic rings. The molecule has 3 nitrogen and oxygen atoms in total. The minimum absolute atomic E-state index is 0.257. The molecule has 104 valence electrons. The summed E-state index contributed by atoms with van der Waals surface area (Å²) in [6.07, 6.45) is 0. The van der Waals surface area contributed by atoms with Crippen LogP contribution < -0.4 is 5.73 Å². The smallest absolute Gasteiger partial charge is 0.327 e. The highest BCUT2D eigenvalue weighted by atomic mass is 16.5. The van der Waals surface area contributed by atoms with Gasteiger partial charge in [0.2, 0.25) is 0 Å². The topological polar surface area (TPSA) is 52.3 Å². The zero-order chi connectivity index (χ0) is 14.5. The number of carbonyl (C=O) groups excluding carboxylic acids is 1. The first-order chi connectivity index (χ1) is 9.58. The number of ether oxygens (including phenoxy) is 1. The number of carbonyl (C=O) groups is 1. The molecule has 3 heteroatoms. The van der Waals surface area contributed by atoms with Crippen LogP contribution in [0.3, 0.4) is 0 Å². The quantitative estimate of drug-likeness (QED) is 0.868. The first-order valence-electron chi connectivity index (χ1n) is 6.61. The molecule has 0 amide bonds. The number of aryl methyl sites for hydroxylation is 2. The van der Waals surface area contributed by atoms with E-state index in [1.54, 1.807) is 0 Å². The lowest BCUT2D eigenvalue weighted by molar-refractivity contribution is -0.146. The van der Waals surface area contributed by atoms with Crippen LogP contribution in [0.2, 0.25) is 0 Å². The molecular formula is C17H19NO2. The lowest BCUT2D eigenvalue weighted by atomic mass is 10.1. The summed E-state index contributed by atoms with van der Waals surface area (Å²) < 4.78 is 5.32. The molecule has 20 heavy (non-hydrogen) atoms. The number of rotatable bonds is 4. The van der Waals surface area contributed by atoms with Crippen LogP contribution in [0, 0.1) is 13.8 Å². The van der Waals surface area contributed by atoms with E-state index in [1.165, 1.54) is 0 Å². The highest BCUT2D eigenvalue weighted by molar-refractivity contribution is 5.77. The molecule has 0 saturated carbocycles. The van der Waals surface area contributed by atoms with Crippen molar-refractivity contribution in [2.45, 2.75) is 26.5 Å². The molecule has 0 aliphatic heterocycles. The van der Waals surface area contributed by atoms with Crippen molar-refractivity contribution >= 4 is 5.97 Å². The summed E-state index contributed by atoms with van der Waals surface area (Å²) >= 11 is 0. The predicted molar refractivity (Wildman–Crippen MR) is 79.1 cm³/mol. The third-order valence-corrected chi connectivity index (χ3v) is 3.29. The van der Waals surface area contributed by atoms with Gasteiger partial charge in [0.15, 0.2) is 0 Å². The van der Waals surface area contributed by atoms with Crippen molar-refractivity contribution in [3.8, 4) is 0 Å². The van der Waals surface area contributed by atoms with Crippen LogP contribution in [0.5, 0.6) is 0 Å². The minimum Gasteiger partial charge on any atom is -0.459 e. The molecule has 0 saturated heterocycles. The number of nitrogens with two attached hydrogens (primary N) is 1. The Morgan fingerprint density at radius 2 is 1.85 bits per heavy atom. The summed E-state index contributed by atoms with van der Waals surface area (Å²) in [7, 11) is 0. The Balaban J connectivity index is 2.00. The van der Waals surface area contributed by atoms with Crippen LogP contribution in [0.4, 0.5) is 0 Å². The van der Waals surface area contributed by atoms with E-state index in [9.17, 15) is 4.79 Å². The monoisotopic (exact) mass is 269 g/mol. The van der Waals surface area contributed by atoms with E-state index in [0.29, 0.717) is 0 Å². The van der Waals surface area contributed by atoms with Crippen molar-refractivity contribution in [3.63, 3.8) is 0 Å². The number of hydrogen-bond donors (Lipinski definition) is 1. The van der Waals surface area contributed by atoms with Crippen LogP contribution >= 0.6 is 0 Å². The van der Waals surface area contributed by atoms with E-state index in [0.717, 1.165) is 22.3 Å². The third-order valence-electron chi connectivity index (χ3n) is 3.29. The maximum Gasteiger partial charge on any atom is 0.327 e. The fourth-order valence-electron chi connectivity index (χ4n) is 1.99. The van der Waals surface area contributed by atoms with Crippen LogP contribution in [-0.2, 0) is 16.1 Å². The van der Waals surface area contributed by atoms with Gasteiger partial charge < -0.3 is 10.5 Å². The molecule has 0 heterocycles. The van der Waals surface area contributed by atoms with Crippen molar-refractivity contribution in [1.82, 2.24) is 0 Å². The van der Waals surface area contributed by atoms with Gasteiger partial charge in [-0.15, -0.1) is 0 Å². The maximum atomic E-state index is 12.0. The Kier molecular flexibility index (Phi) is 4.53. The average molecular weight is 269 g/mol. The van der Waals surface area contributed by atoms with Gasteiger partial charge in [0, 0.05) is 0 Å². The van der Waals surface area contributed by atoms with Crippen LogP contribution in [-0.4, -0.2) is 5.97 Å². The van der Waals surface area contributed by atoms with Crippen molar-refractivity contribution in [2.75, 3.05) is 0 Å². The maximum absolute atomic E-state index is 12.0. The summed E-state index contributed by atoms with van der Waals surface area (Å²) in [5.74, 6) is -0.405. The zero-order valence-electron chi connectivity index (χ0n) is 11.8. The molecule has 1 unspecified atom stereocenters. The Morgan fingerprint density at radius 3 is 2.55 bits per heavy atom. The number of esters is 1. The lowest BCUT2D eigenvalue weighted by Gasteiger charge is -2.13. The minimum atomic E-state index is -0.735. The Morgan fingerprint density at radius 1 is 1.15 bits per heavy atom. The van der Waals surface area contributed by atoms with E-state index >= 15 is 0 Å². The van der Waals surface area contributed by atoms with Gasteiger partial charge in [0.25, 0.3) is 0 Å². The second-order valence-corrected chi connectivity index (χ2v) is 4.93. The number of hydrogen-bond acceptors (Lipinski definition) is 3. The highest BCUT2D eigenvalue weighted by Crippen LogP contribution is 2.15. The first kappa shape index (κ1) is 14.3. The van der Waals surface area contributed by atoms with E-state index in [1.807, 2.05) is 62.4 Å². The lowest BCUT2D eigenvalue weighted by Crippen LogP contribution is -2.23. The van der Waals surface area contributed by atoms with Crippen LogP contribution in [0.15, 0.2) is 48.5 Å². The van der Waals surface area contributed by atoms with Gasteiger partial charge in [-0.2, -0.15) is 0 Å². The molecule has 2 rings (SSSR count). The van der Waals surface area contributed by atoms with Gasteiger partial charge in [-0.1, -0.05) is 54.1 Å². The van der Waals surface area contributed by atoms with Gasteiger partial charge in [-0.05, 0) is 30.5 Å². The summed E-state index contributed by atoms with van der Waals surface area (Å²) in [5.41, 5.74) is 9.93. The molecule has 0 fully saturated rings. The van der Waals surface area contributed by atoms with Crippen LogP contribution in [0.25, 0.3) is 0 Å². The van der Waals surface area contributed by atoms with E-state index < -0.39 is 12.0 Å². The molecule has 0 aliphatic carbocycles. The van der Waals surface area contributed by atoms with E-state index in [2.05, 4.69) is 0 Å². The first-order valence-corrected chi connectivity index (χ1v) is 6.61. The summed E-state index contributed by atoms with van der Waals surface area (Å²) in [4.78, 5) is 12.0. The molecule has 0 bridgehead atoms. The average Bonchev–Trinajstić information content (AvgIpc) is 2.48. The van der Waals surface area contributed by atoms with Crippen molar-refractivity contribution in [2.24, 2.45) is 5.73 Å². The van der Waals surface area contributed by atoms with Crippen molar-refractivity contribution in [3.05, 3.63) is 70.8 Å². The second-order valence-electron chi connectivity index (χ2n) is 4.93. The standard InChI is InChI=1S/C17H19NO2/c1-12-8-9-13(2)15(10-12)11-20-17(19)16(18)14-6-4-3-5-7-14/h3-10,16H,11,18H2,1-2H3. The Bertz CT molecular complexity index is 593. The van der Waals surface area contributed by atoms with E-state index in [-0.39, 0.29) is 6.61 Å². The summed E-state index contributed by atoms with van der Waals surface area (Å²) in [5, 5.41) is 0. The second kappa shape index (κ2) is 6.35. The van der Waals surface area contributed by atoms with Gasteiger partial charge in [0.1, 0.15) is 12.6 Å². The number of benzene rings is 2. The molecular weight excluding hydrogens is 250 g/mol. The summed E-state index contributed by atoms with van der Waals surface area (Å²) in [6.45, 7) is 4.27. The molecule has 0 aliphatic rings. The molecule has 2 aromatic carbocycles. The van der Waals surface area contributed by atoms with Crippen LogP contribution in [0.1, 0.15) is 28.3 Å². The molecule has 2 N–H and O–H groups in total. The van der Waals surface area contributed by atoms with Crippen molar-refractivity contribution < 1.29 is 9.53 Å². The molecule has 0 spiro atoms. The van der Waals surface area contributed by atoms with Gasteiger partial charge >= 0.3 is 5.97 Å². The Hall–Kier alpha value is -2.13. The van der Waals surface area contributed by atoms with Gasteiger partial charge in [-0.3, -0.25) is 0 Å².